The molecule has 2 amide bonds. The van der Waals surface area contributed by atoms with Crippen molar-refractivity contribution in [2.24, 2.45) is 0 Å². The van der Waals surface area contributed by atoms with Crippen molar-refractivity contribution in [1.82, 2.24) is 30.2 Å². The van der Waals surface area contributed by atoms with Crippen molar-refractivity contribution in [3.8, 4) is 33.6 Å². The van der Waals surface area contributed by atoms with Crippen LogP contribution in [0.2, 0.25) is 0 Å². The zero-order valence-corrected chi connectivity index (χ0v) is 20.6. The lowest BCUT2D eigenvalue weighted by Crippen LogP contribution is -2.42. The van der Waals surface area contributed by atoms with E-state index in [2.05, 4.69) is 78.5 Å². The summed E-state index contributed by atoms with van der Waals surface area (Å²) in [5.41, 5.74) is 6.18. The van der Waals surface area contributed by atoms with E-state index in [1.165, 1.54) is 7.11 Å². The summed E-state index contributed by atoms with van der Waals surface area (Å²) in [4.78, 5) is 40.8. The number of alkyl carbamates (subject to hydrolysis) is 1. The second kappa shape index (κ2) is 11.4. The second-order valence-corrected chi connectivity index (χ2v) is 8.41. The molecular formula is C27H30N6O3. The monoisotopic (exact) mass is 486 g/mol. The van der Waals surface area contributed by atoms with Gasteiger partial charge in [-0.15, -0.1) is 0 Å². The summed E-state index contributed by atoms with van der Waals surface area (Å²) in [5.74, 6) is 0.485. The lowest BCUT2D eigenvalue weighted by Gasteiger charge is -2.27. The van der Waals surface area contributed by atoms with Crippen molar-refractivity contribution in [2.75, 3.05) is 20.2 Å². The van der Waals surface area contributed by atoms with Crippen LogP contribution in [0.15, 0.2) is 67.3 Å². The molecule has 0 bridgehead atoms. The minimum Gasteiger partial charge on any atom is -0.453 e. The number of ether oxygens (including phenoxy) is 1. The van der Waals surface area contributed by atoms with Crippen LogP contribution in [-0.4, -0.2) is 57.0 Å². The molecule has 2 heterocycles. The topological polar surface area (TPSA) is 116 Å². The Kier molecular flexibility index (Phi) is 7.79. The number of nitrogens with zero attached hydrogens (tertiary/aromatic N) is 3. The van der Waals surface area contributed by atoms with Crippen molar-refractivity contribution in [3.05, 3.63) is 73.1 Å². The maximum Gasteiger partial charge on any atom is 0.407 e. The van der Waals surface area contributed by atoms with Gasteiger partial charge in [-0.05, 0) is 35.6 Å². The van der Waals surface area contributed by atoms with E-state index in [0.29, 0.717) is 12.4 Å². The van der Waals surface area contributed by atoms with E-state index in [1.807, 2.05) is 13.8 Å². The number of aromatic amines is 2. The first kappa shape index (κ1) is 24.7. The van der Waals surface area contributed by atoms with Gasteiger partial charge in [-0.2, -0.15) is 0 Å². The Hall–Kier alpha value is -4.40. The number of methoxy groups -OCH3 is 1. The first-order valence-electron chi connectivity index (χ1n) is 11.9. The van der Waals surface area contributed by atoms with E-state index in [4.69, 9.17) is 0 Å². The highest BCUT2D eigenvalue weighted by Crippen LogP contribution is 2.27. The molecule has 0 saturated heterocycles. The number of H-pyrrole nitrogens is 2. The lowest BCUT2D eigenvalue weighted by atomic mass is 10.0. The minimum atomic E-state index is -0.634. The molecular weight excluding hydrogens is 456 g/mol. The third-order valence-electron chi connectivity index (χ3n) is 6.04. The van der Waals surface area contributed by atoms with Gasteiger partial charge in [0.15, 0.2) is 0 Å². The molecule has 1 atom stereocenters. The molecule has 9 nitrogen and oxygen atoms in total. The third-order valence-corrected chi connectivity index (χ3v) is 6.04. The first-order chi connectivity index (χ1) is 17.5. The molecule has 0 aliphatic heterocycles. The van der Waals surface area contributed by atoms with Crippen LogP contribution in [0.3, 0.4) is 0 Å². The minimum absolute atomic E-state index is 0.130. The van der Waals surface area contributed by atoms with Gasteiger partial charge in [0.2, 0.25) is 5.91 Å². The number of imidazole rings is 2. The zero-order chi connectivity index (χ0) is 25.5. The predicted octanol–water partition coefficient (Wildman–Crippen LogP) is 4.79. The van der Waals surface area contributed by atoms with E-state index < -0.39 is 6.09 Å². The molecule has 9 heteroatoms. The number of nitrogens with one attached hydrogen (secondary N) is 3. The molecule has 36 heavy (non-hydrogen) atoms. The van der Waals surface area contributed by atoms with Crippen LogP contribution in [0.1, 0.15) is 32.1 Å². The Balaban J connectivity index is 1.45. The number of hydrogen-bond acceptors (Lipinski definition) is 5. The summed E-state index contributed by atoms with van der Waals surface area (Å²) < 4.78 is 4.55. The highest BCUT2D eigenvalue weighted by molar-refractivity contribution is 5.82. The second-order valence-electron chi connectivity index (χ2n) is 8.41. The SMILES string of the molecule is CCCN(C(=O)CNC(=O)OC)C(C)c1ncc(-c2ccc(-c3ccc(-c4cnc[nH]4)cc3)cc2)[nH]1. The number of benzene rings is 2. The van der Waals surface area contributed by atoms with Crippen molar-refractivity contribution in [3.63, 3.8) is 0 Å². The highest BCUT2D eigenvalue weighted by Gasteiger charge is 2.23. The van der Waals surface area contributed by atoms with E-state index in [1.54, 1.807) is 23.6 Å². The number of aromatic nitrogens is 4. The average Bonchev–Trinajstić information content (AvgIpc) is 3.63. The number of amides is 2. The van der Waals surface area contributed by atoms with Gasteiger partial charge in [-0.3, -0.25) is 4.79 Å². The molecule has 0 fully saturated rings. The first-order valence-corrected chi connectivity index (χ1v) is 11.9. The van der Waals surface area contributed by atoms with Crippen molar-refractivity contribution in [2.45, 2.75) is 26.3 Å². The summed E-state index contributed by atoms with van der Waals surface area (Å²) in [6, 6.07) is 16.3. The van der Waals surface area contributed by atoms with Crippen LogP contribution in [0.4, 0.5) is 4.79 Å². The molecule has 2 aromatic heterocycles. The normalized spacial score (nSPS) is 11.6. The van der Waals surface area contributed by atoms with Crippen molar-refractivity contribution < 1.29 is 14.3 Å². The molecule has 4 aromatic rings. The molecule has 3 N–H and O–H groups in total. The molecule has 0 aliphatic carbocycles. The van der Waals surface area contributed by atoms with Gasteiger partial charge >= 0.3 is 6.09 Å². The van der Waals surface area contributed by atoms with Crippen LogP contribution >= 0.6 is 0 Å². The largest absolute Gasteiger partial charge is 0.453 e. The summed E-state index contributed by atoms with van der Waals surface area (Å²) >= 11 is 0. The van der Waals surface area contributed by atoms with Gasteiger partial charge in [0, 0.05) is 6.54 Å². The van der Waals surface area contributed by atoms with Crippen molar-refractivity contribution >= 4 is 12.0 Å². The number of carbonyl (C=O) groups excluding carboxylic acids is 2. The van der Waals surface area contributed by atoms with Crippen molar-refractivity contribution in [1.29, 1.82) is 0 Å². The third kappa shape index (κ3) is 5.63. The maximum absolute atomic E-state index is 12.7. The summed E-state index contributed by atoms with van der Waals surface area (Å²) in [6.07, 6.45) is 5.41. The summed E-state index contributed by atoms with van der Waals surface area (Å²) in [7, 11) is 1.27. The quantitative estimate of drug-likeness (QED) is 0.315. The van der Waals surface area contributed by atoms with Crippen LogP contribution in [0.5, 0.6) is 0 Å². The van der Waals surface area contributed by atoms with Crippen LogP contribution in [0, 0.1) is 0 Å². The highest BCUT2D eigenvalue weighted by atomic mass is 16.5. The Morgan fingerprint density at radius 1 is 0.972 bits per heavy atom. The zero-order valence-electron chi connectivity index (χ0n) is 20.6. The maximum atomic E-state index is 12.7. The van der Waals surface area contributed by atoms with Crippen LogP contribution in [0.25, 0.3) is 33.6 Å². The molecule has 4 rings (SSSR count). The van der Waals surface area contributed by atoms with Gasteiger partial charge < -0.3 is 24.9 Å². The predicted molar refractivity (Wildman–Crippen MR) is 138 cm³/mol. The molecule has 2 aromatic carbocycles. The fourth-order valence-electron chi connectivity index (χ4n) is 4.04. The van der Waals surface area contributed by atoms with Crippen LogP contribution in [-0.2, 0) is 9.53 Å². The van der Waals surface area contributed by atoms with E-state index >= 15 is 0 Å². The Morgan fingerprint density at radius 3 is 2.14 bits per heavy atom. The van der Waals surface area contributed by atoms with E-state index in [0.717, 1.165) is 40.1 Å². The van der Waals surface area contributed by atoms with Gasteiger partial charge in [0.05, 0.1) is 43.3 Å². The van der Waals surface area contributed by atoms with Gasteiger partial charge in [0.1, 0.15) is 12.4 Å². The molecule has 0 radical (unpaired) electrons. The van der Waals surface area contributed by atoms with Gasteiger partial charge in [0.25, 0.3) is 0 Å². The molecule has 0 aliphatic rings. The molecule has 0 saturated carbocycles. The smallest absolute Gasteiger partial charge is 0.407 e. The van der Waals surface area contributed by atoms with Gasteiger partial charge in [-0.1, -0.05) is 55.5 Å². The Morgan fingerprint density at radius 2 is 1.58 bits per heavy atom. The average molecular weight is 487 g/mol. The molecule has 186 valence electrons. The van der Waals surface area contributed by atoms with Crippen LogP contribution < -0.4 is 5.32 Å². The fourth-order valence-corrected chi connectivity index (χ4v) is 4.04. The van der Waals surface area contributed by atoms with Gasteiger partial charge in [-0.25, -0.2) is 14.8 Å². The Bertz CT molecular complexity index is 1280. The number of carbonyl (C=O) groups is 2. The lowest BCUT2D eigenvalue weighted by molar-refractivity contribution is -0.132. The fraction of sp³-hybridized carbons (Fsp3) is 0.259. The summed E-state index contributed by atoms with van der Waals surface area (Å²) in [6.45, 7) is 4.34. The molecule has 0 spiro atoms. The Labute approximate surface area is 209 Å². The number of rotatable bonds is 9. The summed E-state index contributed by atoms with van der Waals surface area (Å²) in [5, 5.41) is 2.45. The standard InChI is InChI=1S/C27H30N6O3/c1-4-13-33(25(34)16-30-27(35)36-3)18(2)26-29-15-24(32-26)22-11-7-20(8-12-22)19-5-9-21(10-6-19)23-14-28-17-31-23/h5-12,14-15,17-18H,4,13,16H2,1-3H3,(H,28,31)(H,29,32)(H,30,35). The van der Waals surface area contributed by atoms with E-state index in [-0.39, 0.29) is 18.5 Å². The van der Waals surface area contributed by atoms with E-state index in [9.17, 15) is 9.59 Å². The molecule has 1 unspecified atom stereocenters. The number of hydrogen-bond donors (Lipinski definition) is 3.